The lowest BCUT2D eigenvalue weighted by Gasteiger charge is -2.24. The quantitative estimate of drug-likeness (QED) is 0.754. The topological polar surface area (TPSA) is 81.4 Å². The Kier molecular flexibility index (Phi) is 5.56. The van der Waals surface area contributed by atoms with Gasteiger partial charge in [0.25, 0.3) is 0 Å². The van der Waals surface area contributed by atoms with Crippen LogP contribution in [0.15, 0.2) is 23.1 Å². The van der Waals surface area contributed by atoms with E-state index in [-0.39, 0.29) is 10.3 Å². The number of aryl methyl sites for hydroxylation is 1. The Labute approximate surface area is 121 Å². The van der Waals surface area contributed by atoms with E-state index >= 15 is 0 Å². The minimum Gasteiger partial charge on any atom is -0.399 e. The van der Waals surface area contributed by atoms with Crippen LogP contribution in [0.3, 0.4) is 0 Å². The van der Waals surface area contributed by atoms with Gasteiger partial charge in [0.15, 0.2) is 0 Å². The second kappa shape index (κ2) is 6.56. The van der Waals surface area contributed by atoms with Gasteiger partial charge in [0.05, 0.1) is 4.90 Å². The summed E-state index contributed by atoms with van der Waals surface area (Å²) in [6, 6.07) is 4.89. The number of nitrogens with one attached hydrogen (secondary N) is 1. The van der Waals surface area contributed by atoms with E-state index in [4.69, 9.17) is 10.5 Å². The Morgan fingerprint density at radius 1 is 1.35 bits per heavy atom. The van der Waals surface area contributed by atoms with Crippen LogP contribution in [-0.4, -0.2) is 28.7 Å². The number of sulfonamides is 1. The highest BCUT2D eigenvalue weighted by Gasteiger charge is 2.23. The van der Waals surface area contributed by atoms with Gasteiger partial charge in [-0.05, 0) is 36.5 Å². The third-order valence-electron chi connectivity index (χ3n) is 3.23. The molecule has 0 aliphatic rings. The Balaban J connectivity index is 2.83. The molecule has 3 N–H and O–H groups in total. The van der Waals surface area contributed by atoms with Crippen LogP contribution < -0.4 is 10.5 Å². The van der Waals surface area contributed by atoms with Gasteiger partial charge in [0, 0.05) is 25.9 Å². The highest BCUT2D eigenvalue weighted by atomic mass is 32.2. The van der Waals surface area contributed by atoms with E-state index in [1.165, 1.54) is 6.07 Å². The lowest BCUT2D eigenvalue weighted by atomic mass is 9.90. The predicted octanol–water partition coefficient (Wildman–Crippen LogP) is 1.92. The zero-order chi connectivity index (χ0) is 15.4. The minimum atomic E-state index is -3.54. The molecule has 5 nitrogen and oxygen atoms in total. The molecule has 1 aromatic carbocycles. The average molecular weight is 300 g/mol. The molecule has 0 unspecified atom stereocenters. The monoisotopic (exact) mass is 300 g/mol. The summed E-state index contributed by atoms with van der Waals surface area (Å²) in [4.78, 5) is 0.236. The van der Waals surface area contributed by atoms with E-state index < -0.39 is 10.0 Å². The molecule has 0 amide bonds. The first-order valence-electron chi connectivity index (χ1n) is 6.53. The zero-order valence-corrected chi connectivity index (χ0v) is 13.4. The van der Waals surface area contributed by atoms with Gasteiger partial charge in [-0.15, -0.1) is 0 Å². The van der Waals surface area contributed by atoms with Crippen LogP contribution in [0, 0.1) is 12.3 Å². The van der Waals surface area contributed by atoms with E-state index in [0.29, 0.717) is 24.4 Å². The summed E-state index contributed by atoms with van der Waals surface area (Å²) in [5, 5.41) is 0. The molecule has 0 bridgehead atoms. The van der Waals surface area contributed by atoms with Gasteiger partial charge in [0.1, 0.15) is 0 Å². The van der Waals surface area contributed by atoms with Crippen LogP contribution in [0.2, 0.25) is 0 Å². The van der Waals surface area contributed by atoms with E-state index in [9.17, 15) is 8.42 Å². The van der Waals surface area contributed by atoms with Crippen LogP contribution in [0.25, 0.3) is 0 Å². The maximum Gasteiger partial charge on any atom is 0.240 e. The maximum atomic E-state index is 12.3. The Hall–Kier alpha value is -1.11. The van der Waals surface area contributed by atoms with Gasteiger partial charge in [0.2, 0.25) is 10.0 Å². The van der Waals surface area contributed by atoms with Crippen LogP contribution in [0.4, 0.5) is 5.69 Å². The molecule has 1 aromatic rings. The molecular formula is C14H24N2O3S. The fourth-order valence-corrected chi connectivity index (χ4v) is 3.26. The summed E-state index contributed by atoms with van der Waals surface area (Å²) in [5.41, 5.74) is 6.62. The van der Waals surface area contributed by atoms with Crippen molar-refractivity contribution in [3.05, 3.63) is 23.8 Å². The van der Waals surface area contributed by atoms with Crippen LogP contribution in [0.1, 0.15) is 25.8 Å². The van der Waals surface area contributed by atoms with Crippen molar-refractivity contribution in [1.29, 1.82) is 0 Å². The third-order valence-corrected chi connectivity index (χ3v) is 4.77. The maximum absolute atomic E-state index is 12.3. The van der Waals surface area contributed by atoms with Gasteiger partial charge in [-0.1, -0.05) is 19.9 Å². The molecule has 114 valence electrons. The van der Waals surface area contributed by atoms with Crippen LogP contribution in [-0.2, 0) is 14.8 Å². The van der Waals surface area contributed by atoms with Gasteiger partial charge in [-0.3, -0.25) is 0 Å². The molecule has 0 aliphatic heterocycles. The molecule has 0 aliphatic carbocycles. The normalized spacial score (nSPS) is 12.6. The number of rotatable bonds is 7. The number of anilines is 1. The third kappa shape index (κ3) is 4.77. The van der Waals surface area contributed by atoms with Gasteiger partial charge in [-0.2, -0.15) is 0 Å². The first-order valence-corrected chi connectivity index (χ1v) is 8.01. The van der Waals surface area contributed by atoms with E-state index in [0.717, 1.165) is 6.42 Å². The zero-order valence-electron chi connectivity index (χ0n) is 12.6. The lowest BCUT2D eigenvalue weighted by molar-refractivity contribution is 0.153. The van der Waals surface area contributed by atoms with Gasteiger partial charge < -0.3 is 10.5 Å². The molecule has 1 rings (SSSR count). The largest absolute Gasteiger partial charge is 0.399 e. The van der Waals surface area contributed by atoms with Crippen molar-refractivity contribution in [3.8, 4) is 0 Å². The first-order chi connectivity index (χ1) is 9.18. The van der Waals surface area contributed by atoms with E-state index in [1.807, 2.05) is 13.8 Å². The van der Waals surface area contributed by atoms with Crippen molar-refractivity contribution < 1.29 is 13.2 Å². The summed E-state index contributed by atoms with van der Waals surface area (Å²) < 4.78 is 32.3. The standard InChI is InChI=1S/C14H24N2O3S/c1-11-5-6-12(15)9-13(11)20(17,18)16-10-14(2,3)7-8-19-4/h5-6,9,16H,7-8,10,15H2,1-4H3. The van der Waals surface area contributed by atoms with Crippen LogP contribution in [0.5, 0.6) is 0 Å². The van der Waals surface area contributed by atoms with E-state index in [1.54, 1.807) is 26.2 Å². The number of hydrogen-bond donors (Lipinski definition) is 2. The van der Waals surface area contributed by atoms with E-state index in [2.05, 4.69) is 4.72 Å². The molecule has 0 saturated heterocycles. The lowest BCUT2D eigenvalue weighted by Crippen LogP contribution is -2.35. The fraction of sp³-hybridized carbons (Fsp3) is 0.571. The highest BCUT2D eigenvalue weighted by molar-refractivity contribution is 7.89. The predicted molar refractivity (Wildman–Crippen MR) is 81.1 cm³/mol. The average Bonchev–Trinajstić information content (AvgIpc) is 2.37. The second-order valence-electron chi connectivity index (χ2n) is 5.76. The Bertz CT molecular complexity index is 554. The summed E-state index contributed by atoms with van der Waals surface area (Å²) in [5.74, 6) is 0. The van der Waals surface area contributed by atoms with Crippen molar-refractivity contribution in [2.75, 3.05) is 26.0 Å². The van der Waals surface area contributed by atoms with Crippen molar-refractivity contribution in [3.63, 3.8) is 0 Å². The summed E-state index contributed by atoms with van der Waals surface area (Å²) in [7, 11) is -1.91. The number of nitrogen functional groups attached to an aromatic ring is 1. The molecule has 0 radical (unpaired) electrons. The summed E-state index contributed by atoms with van der Waals surface area (Å²) in [6.07, 6.45) is 0.780. The van der Waals surface area contributed by atoms with Crippen molar-refractivity contribution in [2.24, 2.45) is 5.41 Å². The Morgan fingerprint density at radius 3 is 2.60 bits per heavy atom. The molecular weight excluding hydrogens is 276 g/mol. The fourth-order valence-electron chi connectivity index (χ4n) is 1.74. The van der Waals surface area contributed by atoms with Gasteiger partial charge in [-0.25, -0.2) is 13.1 Å². The number of methoxy groups -OCH3 is 1. The Morgan fingerprint density at radius 2 is 2.00 bits per heavy atom. The van der Waals surface area contributed by atoms with Crippen molar-refractivity contribution in [2.45, 2.75) is 32.1 Å². The molecule has 0 atom stereocenters. The molecule has 0 aromatic heterocycles. The van der Waals surface area contributed by atoms with Crippen molar-refractivity contribution >= 4 is 15.7 Å². The molecule has 0 saturated carbocycles. The van der Waals surface area contributed by atoms with Crippen LogP contribution >= 0.6 is 0 Å². The molecule has 0 heterocycles. The summed E-state index contributed by atoms with van der Waals surface area (Å²) in [6.45, 7) is 6.71. The first kappa shape index (κ1) is 16.9. The number of nitrogens with two attached hydrogens (primary N) is 1. The highest BCUT2D eigenvalue weighted by Crippen LogP contribution is 2.22. The number of ether oxygens (including phenoxy) is 1. The summed E-state index contributed by atoms with van der Waals surface area (Å²) >= 11 is 0. The van der Waals surface area contributed by atoms with Gasteiger partial charge >= 0.3 is 0 Å². The second-order valence-corrected chi connectivity index (χ2v) is 7.49. The number of benzene rings is 1. The minimum absolute atomic E-state index is 0.169. The molecule has 0 spiro atoms. The van der Waals surface area contributed by atoms with Crippen molar-refractivity contribution in [1.82, 2.24) is 4.72 Å². The SMILES string of the molecule is COCCC(C)(C)CNS(=O)(=O)c1cc(N)ccc1C. The number of hydrogen-bond acceptors (Lipinski definition) is 4. The molecule has 0 fully saturated rings. The smallest absolute Gasteiger partial charge is 0.240 e. The molecule has 6 heteroatoms. The molecule has 20 heavy (non-hydrogen) atoms.